The normalized spacial score (nSPS) is 11.9. The summed E-state index contributed by atoms with van der Waals surface area (Å²) in [7, 11) is 0. The van der Waals surface area contributed by atoms with Crippen LogP contribution in [0.15, 0.2) is 63.3 Å². The van der Waals surface area contributed by atoms with Crippen molar-refractivity contribution >= 4 is 50.9 Å². The fraction of sp³-hybridized carbons (Fsp3) is 0.0455. The van der Waals surface area contributed by atoms with Gasteiger partial charge >= 0.3 is 11.8 Å². The summed E-state index contributed by atoms with van der Waals surface area (Å²) >= 11 is 6.96. The number of nitriles is 1. The van der Waals surface area contributed by atoms with E-state index in [2.05, 4.69) is 10.3 Å². The van der Waals surface area contributed by atoms with E-state index in [0.29, 0.717) is 5.39 Å². The molecule has 35 heavy (non-hydrogen) atoms. The molecule has 176 valence electrons. The number of hydrogen-bond donors (Lipinski definition) is 1. The number of thiazole rings is 1. The van der Waals surface area contributed by atoms with Gasteiger partial charge in [0.1, 0.15) is 22.2 Å². The average molecular weight is 519 g/mol. The van der Waals surface area contributed by atoms with E-state index in [1.807, 2.05) is 6.07 Å². The lowest BCUT2D eigenvalue weighted by Crippen LogP contribution is -2.05. The van der Waals surface area contributed by atoms with Crippen molar-refractivity contribution in [3.8, 4) is 17.3 Å². The second kappa shape index (κ2) is 9.21. The Morgan fingerprint density at radius 3 is 2.71 bits per heavy atom. The molecule has 0 aliphatic heterocycles. The van der Waals surface area contributed by atoms with Crippen molar-refractivity contribution in [2.24, 2.45) is 0 Å². The first-order valence-electron chi connectivity index (χ1n) is 9.49. The maximum atomic E-state index is 13.0. The Balaban J connectivity index is 1.67. The fourth-order valence-corrected chi connectivity index (χ4v) is 3.99. The molecule has 0 aliphatic rings. The summed E-state index contributed by atoms with van der Waals surface area (Å²) in [5.41, 5.74) is -1.61. The molecule has 2 aromatic carbocycles. The maximum Gasteiger partial charge on any atom is 0.416 e. The molecule has 2 heterocycles. The van der Waals surface area contributed by atoms with Gasteiger partial charge in [-0.05, 0) is 30.3 Å². The predicted molar refractivity (Wildman–Crippen MR) is 124 cm³/mol. The summed E-state index contributed by atoms with van der Waals surface area (Å²) in [6, 6.07) is 9.77. The molecule has 0 radical (unpaired) electrons. The van der Waals surface area contributed by atoms with E-state index in [4.69, 9.17) is 16.0 Å². The number of nitro groups is 1. The minimum Gasteiger partial charge on any atom is -0.422 e. The van der Waals surface area contributed by atoms with Gasteiger partial charge in [0.15, 0.2) is 0 Å². The number of allylic oxidation sites excluding steroid dienone is 1. The van der Waals surface area contributed by atoms with Gasteiger partial charge in [-0.15, -0.1) is 11.3 Å². The molecular weight excluding hydrogens is 509 g/mol. The number of halogens is 4. The molecule has 0 unspecified atom stereocenters. The number of benzene rings is 2. The first kappa shape index (κ1) is 23.9. The van der Waals surface area contributed by atoms with Crippen molar-refractivity contribution in [3.63, 3.8) is 0 Å². The first-order chi connectivity index (χ1) is 16.6. The second-order valence-electron chi connectivity index (χ2n) is 6.97. The number of anilines is 1. The Kier molecular flexibility index (Phi) is 6.29. The Morgan fingerprint density at radius 2 is 2.03 bits per heavy atom. The molecular formula is C22H10ClF3N4O4S. The van der Waals surface area contributed by atoms with Crippen LogP contribution in [0.2, 0.25) is 5.02 Å². The monoisotopic (exact) mass is 518 g/mol. The van der Waals surface area contributed by atoms with Crippen molar-refractivity contribution < 1.29 is 22.5 Å². The fourth-order valence-electron chi connectivity index (χ4n) is 3.03. The lowest BCUT2D eigenvalue weighted by Gasteiger charge is -2.10. The van der Waals surface area contributed by atoms with Crippen molar-refractivity contribution in [1.29, 1.82) is 5.26 Å². The lowest BCUT2D eigenvalue weighted by atomic mass is 10.1. The van der Waals surface area contributed by atoms with Crippen LogP contribution in [0.4, 0.5) is 24.5 Å². The summed E-state index contributed by atoms with van der Waals surface area (Å²) in [6.07, 6.45) is -3.43. The number of fused-ring (bicyclic) bond motifs is 1. The molecule has 0 saturated heterocycles. The highest BCUT2D eigenvalue weighted by Crippen LogP contribution is 2.34. The smallest absolute Gasteiger partial charge is 0.416 e. The van der Waals surface area contributed by atoms with Gasteiger partial charge in [-0.25, -0.2) is 9.78 Å². The van der Waals surface area contributed by atoms with Crippen molar-refractivity contribution in [3.05, 3.63) is 90.2 Å². The quantitative estimate of drug-likeness (QED) is 0.139. The molecule has 8 nitrogen and oxygen atoms in total. The van der Waals surface area contributed by atoms with E-state index in [9.17, 15) is 33.3 Å². The van der Waals surface area contributed by atoms with Gasteiger partial charge in [-0.3, -0.25) is 10.1 Å². The van der Waals surface area contributed by atoms with Gasteiger partial charge in [-0.2, -0.15) is 18.4 Å². The molecule has 0 fully saturated rings. The maximum absolute atomic E-state index is 13.0. The Morgan fingerprint density at radius 1 is 1.26 bits per heavy atom. The van der Waals surface area contributed by atoms with Crippen LogP contribution in [0, 0.1) is 21.4 Å². The van der Waals surface area contributed by atoms with Crippen molar-refractivity contribution in [1.82, 2.24) is 4.98 Å². The van der Waals surface area contributed by atoms with Crippen LogP contribution in [0.3, 0.4) is 0 Å². The van der Waals surface area contributed by atoms with E-state index in [-0.39, 0.29) is 43.8 Å². The molecule has 0 bridgehead atoms. The molecule has 4 rings (SSSR count). The summed E-state index contributed by atoms with van der Waals surface area (Å²) in [5.74, 6) is 0. The van der Waals surface area contributed by atoms with Crippen LogP contribution in [0.5, 0.6) is 0 Å². The highest BCUT2D eigenvalue weighted by Gasteiger charge is 2.31. The summed E-state index contributed by atoms with van der Waals surface area (Å²) in [6.45, 7) is 0. The number of aromatic nitrogens is 1. The lowest BCUT2D eigenvalue weighted by molar-refractivity contribution is -0.384. The van der Waals surface area contributed by atoms with Gasteiger partial charge < -0.3 is 9.73 Å². The third-order valence-corrected chi connectivity index (χ3v) is 5.93. The van der Waals surface area contributed by atoms with E-state index in [1.165, 1.54) is 29.6 Å². The molecule has 0 saturated carbocycles. The number of nitrogens with one attached hydrogen (secondary N) is 1. The van der Waals surface area contributed by atoms with Crippen LogP contribution in [-0.2, 0) is 6.18 Å². The highest BCUT2D eigenvalue weighted by atomic mass is 35.5. The van der Waals surface area contributed by atoms with Gasteiger partial charge in [-0.1, -0.05) is 11.6 Å². The Bertz CT molecular complexity index is 1610. The zero-order chi connectivity index (χ0) is 25.3. The Labute approximate surface area is 202 Å². The number of nitrogens with zero attached hydrogens (tertiary/aromatic N) is 3. The van der Waals surface area contributed by atoms with E-state index >= 15 is 0 Å². The Hall–Kier alpha value is -4.21. The summed E-state index contributed by atoms with van der Waals surface area (Å²) in [4.78, 5) is 27.1. The van der Waals surface area contributed by atoms with Crippen LogP contribution in [0.25, 0.3) is 27.8 Å². The molecule has 4 aromatic rings. The van der Waals surface area contributed by atoms with Crippen LogP contribution < -0.4 is 10.9 Å². The van der Waals surface area contributed by atoms with Crippen molar-refractivity contribution in [2.45, 2.75) is 6.18 Å². The minimum absolute atomic E-state index is 0.00855. The third-order valence-electron chi connectivity index (χ3n) is 4.72. The molecule has 0 spiro atoms. The molecule has 0 aliphatic carbocycles. The largest absolute Gasteiger partial charge is 0.422 e. The zero-order valence-electron chi connectivity index (χ0n) is 17.1. The number of non-ortho nitro benzene ring substituents is 1. The van der Waals surface area contributed by atoms with E-state index < -0.39 is 22.3 Å². The summed E-state index contributed by atoms with van der Waals surface area (Å²) in [5, 5.41) is 25.1. The topological polar surface area (TPSA) is 122 Å². The number of rotatable bonds is 5. The summed E-state index contributed by atoms with van der Waals surface area (Å²) < 4.78 is 44.1. The van der Waals surface area contributed by atoms with Gasteiger partial charge in [0.25, 0.3) is 5.69 Å². The third kappa shape index (κ3) is 5.01. The standard InChI is InChI=1S/C22H10ClF3N4O4S/c23-16-3-1-13(22(24,25)26)7-17(16)28-9-12(8-27)20-29-18(10-35-20)15-6-11-5-14(30(32)33)2-4-19(11)34-21(15)31/h1-7,9-10,28H/b12-9+. The van der Waals surface area contributed by atoms with Gasteiger partial charge in [0.05, 0.1) is 32.5 Å². The van der Waals surface area contributed by atoms with E-state index in [1.54, 1.807) is 0 Å². The SMILES string of the molecule is N#C/C(=C\Nc1cc(C(F)(F)F)ccc1Cl)c1nc(-c2cc3cc([N+](=O)[O-])ccc3oc2=O)cs1. The number of nitro benzene ring substituents is 1. The zero-order valence-corrected chi connectivity index (χ0v) is 18.7. The molecule has 0 atom stereocenters. The molecule has 13 heteroatoms. The minimum atomic E-state index is -4.58. The molecule has 2 aromatic heterocycles. The van der Waals surface area contributed by atoms with Crippen LogP contribution >= 0.6 is 22.9 Å². The van der Waals surface area contributed by atoms with Crippen LogP contribution in [-0.4, -0.2) is 9.91 Å². The number of alkyl halides is 3. The van der Waals surface area contributed by atoms with Gasteiger partial charge in [0, 0.05) is 29.1 Å². The highest BCUT2D eigenvalue weighted by molar-refractivity contribution is 7.11. The predicted octanol–water partition coefficient (Wildman–Crippen LogP) is 6.47. The molecule has 0 amide bonds. The first-order valence-corrected chi connectivity index (χ1v) is 10.7. The van der Waals surface area contributed by atoms with Crippen LogP contribution in [0.1, 0.15) is 10.6 Å². The van der Waals surface area contributed by atoms with Crippen molar-refractivity contribution in [2.75, 3.05) is 5.32 Å². The number of hydrogen-bond acceptors (Lipinski definition) is 8. The second-order valence-corrected chi connectivity index (χ2v) is 8.24. The molecule has 1 N–H and O–H groups in total. The average Bonchev–Trinajstić information content (AvgIpc) is 3.28. The van der Waals surface area contributed by atoms with Gasteiger partial charge in [0.2, 0.25) is 0 Å². The van der Waals surface area contributed by atoms with E-state index in [0.717, 1.165) is 35.7 Å².